The van der Waals surface area contributed by atoms with Crippen LogP contribution in [0.25, 0.3) is 0 Å². The zero-order valence-electron chi connectivity index (χ0n) is 18.1. The second-order valence-electron chi connectivity index (χ2n) is 9.25. The molecule has 1 saturated carbocycles. The zero-order valence-corrected chi connectivity index (χ0v) is 19.0. The van der Waals surface area contributed by atoms with Crippen LogP contribution in [0.1, 0.15) is 79.2 Å². The second-order valence-corrected chi connectivity index (χ2v) is 10.2. The van der Waals surface area contributed by atoms with Crippen molar-refractivity contribution in [1.82, 2.24) is 10.2 Å². The van der Waals surface area contributed by atoms with Crippen LogP contribution in [-0.2, 0) is 4.79 Å². The monoisotopic (exact) mass is 424 g/mol. The Kier molecular flexibility index (Phi) is 6.28. The Morgan fingerprint density at radius 2 is 1.93 bits per heavy atom. The van der Waals surface area contributed by atoms with Crippen LogP contribution in [0.2, 0.25) is 0 Å². The SMILES string of the molecule is CC(C)CN1C(=O)c2ccccc2[C@H](C(=O)N[C@@H]2CCCC[C@@H]2C)[C@@H]1c1cccs1. The van der Waals surface area contributed by atoms with Gasteiger partial charge in [0.2, 0.25) is 5.91 Å². The minimum atomic E-state index is -0.384. The van der Waals surface area contributed by atoms with Crippen LogP contribution in [0, 0.1) is 11.8 Å². The fraction of sp³-hybridized carbons (Fsp3) is 0.520. The number of nitrogens with zero attached hydrogens (tertiary/aromatic N) is 1. The van der Waals surface area contributed by atoms with Crippen molar-refractivity contribution >= 4 is 23.2 Å². The molecule has 4 atom stereocenters. The van der Waals surface area contributed by atoms with Gasteiger partial charge in [0.15, 0.2) is 0 Å². The first kappa shape index (κ1) is 21.1. The number of thiophene rings is 1. The van der Waals surface area contributed by atoms with Crippen molar-refractivity contribution in [3.05, 3.63) is 57.8 Å². The summed E-state index contributed by atoms with van der Waals surface area (Å²) < 4.78 is 0. The Balaban J connectivity index is 1.76. The third-order valence-electron chi connectivity index (χ3n) is 6.56. The molecule has 2 aliphatic rings. The van der Waals surface area contributed by atoms with Crippen molar-refractivity contribution in [3.63, 3.8) is 0 Å². The molecular weight excluding hydrogens is 392 g/mol. The number of rotatable bonds is 5. The van der Waals surface area contributed by atoms with Crippen LogP contribution < -0.4 is 5.32 Å². The first-order chi connectivity index (χ1) is 14.5. The van der Waals surface area contributed by atoms with Crippen LogP contribution in [0.3, 0.4) is 0 Å². The molecule has 2 aromatic rings. The van der Waals surface area contributed by atoms with Gasteiger partial charge in [0.25, 0.3) is 5.91 Å². The van der Waals surface area contributed by atoms with E-state index in [0.717, 1.165) is 16.9 Å². The van der Waals surface area contributed by atoms with Crippen molar-refractivity contribution in [2.24, 2.45) is 11.8 Å². The quantitative estimate of drug-likeness (QED) is 0.700. The molecule has 4 rings (SSSR count). The van der Waals surface area contributed by atoms with Crippen molar-refractivity contribution in [2.75, 3.05) is 6.54 Å². The highest BCUT2D eigenvalue weighted by atomic mass is 32.1. The molecule has 4 nitrogen and oxygen atoms in total. The molecular formula is C25H32N2O2S. The van der Waals surface area contributed by atoms with Gasteiger partial charge in [-0.25, -0.2) is 0 Å². The summed E-state index contributed by atoms with van der Waals surface area (Å²) in [4.78, 5) is 30.3. The lowest BCUT2D eigenvalue weighted by Crippen LogP contribution is -2.51. The summed E-state index contributed by atoms with van der Waals surface area (Å²) in [5.41, 5.74) is 1.53. The maximum atomic E-state index is 13.8. The van der Waals surface area contributed by atoms with Crippen molar-refractivity contribution < 1.29 is 9.59 Å². The first-order valence-electron chi connectivity index (χ1n) is 11.2. The molecule has 1 aromatic heterocycles. The number of fused-ring (bicyclic) bond motifs is 1. The van der Waals surface area contributed by atoms with Crippen LogP contribution in [0.15, 0.2) is 41.8 Å². The van der Waals surface area contributed by atoms with Gasteiger partial charge in [0.05, 0.1) is 12.0 Å². The third kappa shape index (κ3) is 4.04. The number of carbonyl (C=O) groups is 2. The van der Waals surface area contributed by atoms with Gasteiger partial charge in [-0.05, 0) is 47.8 Å². The number of nitrogens with one attached hydrogen (secondary N) is 1. The Hall–Kier alpha value is -2.14. The predicted molar refractivity (Wildman–Crippen MR) is 122 cm³/mol. The van der Waals surface area contributed by atoms with Crippen molar-refractivity contribution in [2.45, 2.75) is 64.5 Å². The lowest BCUT2D eigenvalue weighted by atomic mass is 9.80. The number of hydrogen-bond acceptors (Lipinski definition) is 3. The Bertz CT molecular complexity index is 892. The highest BCUT2D eigenvalue weighted by molar-refractivity contribution is 7.10. The number of benzene rings is 1. The average Bonchev–Trinajstić information content (AvgIpc) is 3.25. The van der Waals surface area contributed by atoms with Gasteiger partial charge in [-0.2, -0.15) is 0 Å². The average molecular weight is 425 g/mol. The summed E-state index contributed by atoms with van der Waals surface area (Å²) in [5, 5.41) is 5.42. The van der Waals surface area contributed by atoms with E-state index in [1.165, 1.54) is 19.3 Å². The molecule has 0 spiro atoms. The molecule has 2 amide bonds. The molecule has 1 fully saturated rings. The zero-order chi connectivity index (χ0) is 21.3. The molecule has 2 heterocycles. The predicted octanol–water partition coefficient (Wildman–Crippen LogP) is 5.38. The molecule has 0 bridgehead atoms. The van der Waals surface area contributed by atoms with Gasteiger partial charge in [-0.1, -0.05) is 57.9 Å². The lowest BCUT2D eigenvalue weighted by Gasteiger charge is -2.42. The van der Waals surface area contributed by atoms with Gasteiger partial charge in [0.1, 0.15) is 0 Å². The van der Waals surface area contributed by atoms with E-state index in [-0.39, 0.29) is 29.8 Å². The van der Waals surface area contributed by atoms with Crippen LogP contribution >= 0.6 is 11.3 Å². The molecule has 1 aliphatic heterocycles. The van der Waals surface area contributed by atoms with Gasteiger partial charge in [-0.3, -0.25) is 9.59 Å². The fourth-order valence-electron chi connectivity index (χ4n) is 5.05. The van der Waals surface area contributed by atoms with E-state index < -0.39 is 0 Å². The standard InChI is InChI=1S/C25H32N2O2S/c1-16(2)15-27-23(21-13-8-14-30-21)22(18-10-5-6-11-19(18)25(27)29)24(28)26-20-12-7-4-9-17(20)3/h5-6,8,10-11,13-14,16-17,20,22-23H,4,7,9,12,15H2,1-3H3,(H,26,28)/t17-,20+,22-,23-/m0/s1. The van der Waals surface area contributed by atoms with Gasteiger partial charge in [0, 0.05) is 23.0 Å². The van der Waals surface area contributed by atoms with E-state index in [0.29, 0.717) is 23.9 Å². The largest absolute Gasteiger partial charge is 0.352 e. The van der Waals surface area contributed by atoms with Crippen LogP contribution in [0.5, 0.6) is 0 Å². The summed E-state index contributed by atoms with van der Waals surface area (Å²) in [5.74, 6) is 0.526. The van der Waals surface area contributed by atoms with E-state index in [4.69, 9.17) is 0 Å². The van der Waals surface area contributed by atoms with Crippen molar-refractivity contribution in [3.8, 4) is 0 Å². The topological polar surface area (TPSA) is 49.4 Å². The fourth-order valence-corrected chi connectivity index (χ4v) is 5.92. The number of carbonyl (C=O) groups excluding carboxylic acids is 2. The molecule has 0 saturated heterocycles. The summed E-state index contributed by atoms with van der Waals surface area (Å²) in [6, 6.07) is 11.7. The molecule has 1 aliphatic carbocycles. The van der Waals surface area contributed by atoms with E-state index >= 15 is 0 Å². The summed E-state index contributed by atoms with van der Waals surface area (Å²) in [6.07, 6.45) is 4.62. The molecule has 30 heavy (non-hydrogen) atoms. The van der Waals surface area contributed by atoms with E-state index in [2.05, 4.69) is 32.2 Å². The molecule has 0 radical (unpaired) electrons. The molecule has 1 N–H and O–H groups in total. The lowest BCUT2D eigenvalue weighted by molar-refractivity contribution is -0.125. The first-order valence-corrected chi connectivity index (χ1v) is 12.1. The van der Waals surface area contributed by atoms with Gasteiger partial charge < -0.3 is 10.2 Å². The Labute approximate surface area is 183 Å². The maximum Gasteiger partial charge on any atom is 0.254 e. The summed E-state index contributed by atoms with van der Waals surface area (Å²) in [6.45, 7) is 7.12. The summed E-state index contributed by atoms with van der Waals surface area (Å²) in [7, 11) is 0. The molecule has 0 unspecified atom stereocenters. The van der Waals surface area contributed by atoms with Crippen LogP contribution in [0.4, 0.5) is 0 Å². The molecule has 1 aromatic carbocycles. The highest BCUT2D eigenvalue weighted by Gasteiger charge is 2.45. The smallest absolute Gasteiger partial charge is 0.254 e. The summed E-state index contributed by atoms with van der Waals surface area (Å²) >= 11 is 1.63. The number of hydrogen-bond donors (Lipinski definition) is 1. The van der Waals surface area contributed by atoms with E-state index in [1.54, 1.807) is 11.3 Å². The highest BCUT2D eigenvalue weighted by Crippen LogP contribution is 2.44. The maximum absolute atomic E-state index is 13.8. The minimum absolute atomic E-state index is 0.0350. The van der Waals surface area contributed by atoms with E-state index in [1.807, 2.05) is 40.6 Å². The van der Waals surface area contributed by atoms with Gasteiger partial charge in [-0.15, -0.1) is 11.3 Å². The van der Waals surface area contributed by atoms with Crippen LogP contribution in [-0.4, -0.2) is 29.3 Å². The molecule has 5 heteroatoms. The van der Waals surface area contributed by atoms with E-state index in [9.17, 15) is 9.59 Å². The third-order valence-corrected chi connectivity index (χ3v) is 7.50. The van der Waals surface area contributed by atoms with Gasteiger partial charge >= 0.3 is 0 Å². The Morgan fingerprint density at radius 1 is 1.17 bits per heavy atom. The Morgan fingerprint density at radius 3 is 2.63 bits per heavy atom. The minimum Gasteiger partial charge on any atom is -0.352 e. The second kappa shape index (κ2) is 8.93. The van der Waals surface area contributed by atoms with Crippen molar-refractivity contribution in [1.29, 1.82) is 0 Å². The molecule has 160 valence electrons. The normalized spacial score (nSPS) is 26.5. The number of amides is 2.